The summed E-state index contributed by atoms with van der Waals surface area (Å²) in [4.78, 5) is 39.5. The summed E-state index contributed by atoms with van der Waals surface area (Å²) in [6.45, 7) is 3.93. The molecule has 8 heteroatoms. The van der Waals surface area contributed by atoms with Crippen LogP contribution < -0.4 is 22.3 Å². The van der Waals surface area contributed by atoms with E-state index in [0.717, 1.165) is 15.0 Å². The van der Waals surface area contributed by atoms with Gasteiger partial charge in [-0.1, -0.05) is 36.4 Å². The molecule has 3 aromatic rings. The number of nitrogens with zero attached hydrogens (tertiary/aromatic N) is 2. The van der Waals surface area contributed by atoms with Crippen molar-refractivity contribution in [2.75, 3.05) is 12.3 Å². The normalized spacial score (nSPS) is 12.1. The number of hydrogen-bond donors (Lipinski definition) is 2. The number of rotatable bonds is 8. The number of aromatic nitrogens is 2. The summed E-state index contributed by atoms with van der Waals surface area (Å²) in [6, 6.07) is 13.2. The molecule has 1 atom stereocenters. The van der Waals surface area contributed by atoms with Crippen LogP contribution in [0, 0.1) is 0 Å². The van der Waals surface area contributed by atoms with E-state index in [-0.39, 0.29) is 37.1 Å². The summed E-state index contributed by atoms with van der Waals surface area (Å²) in [5, 5.41) is 5.09. The van der Waals surface area contributed by atoms with Gasteiger partial charge >= 0.3 is 5.69 Å². The number of nitrogens with two attached hydrogens (primary N) is 1. The first-order valence-corrected chi connectivity index (χ1v) is 10.3. The van der Waals surface area contributed by atoms with Gasteiger partial charge in [-0.2, -0.15) is 0 Å². The molecule has 0 aliphatic carbocycles. The third kappa shape index (κ3) is 4.38. The number of nitrogen functional groups attached to an aromatic ring is 1. The summed E-state index contributed by atoms with van der Waals surface area (Å²) in [5.74, 6) is -0.524. The molecular formula is C21H24N4O3S. The van der Waals surface area contributed by atoms with E-state index in [4.69, 9.17) is 5.73 Å². The molecule has 1 aromatic carbocycles. The molecule has 2 heterocycles. The SMILES string of the molecule is CCn1c(=O)c(C(=O)CNC(C)c2cccs2)c(N)n(Cc2ccccc2)c1=O. The largest absolute Gasteiger partial charge is 0.384 e. The van der Waals surface area contributed by atoms with Gasteiger partial charge in [0.05, 0.1) is 13.1 Å². The van der Waals surface area contributed by atoms with Crippen molar-refractivity contribution in [3.05, 3.63) is 84.7 Å². The molecule has 3 N–H and O–H groups in total. The Morgan fingerprint density at radius 1 is 1.14 bits per heavy atom. The lowest BCUT2D eigenvalue weighted by atomic mass is 10.1. The van der Waals surface area contributed by atoms with Gasteiger partial charge in [0.25, 0.3) is 5.56 Å². The van der Waals surface area contributed by atoms with E-state index in [2.05, 4.69) is 5.32 Å². The molecule has 29 heavy (non-hydrogen) atoms. The molecule has 0 bridgehead atoms. The van der Waals surface area contributed by atoms with Gasteiger partial charge in [-0.3, -0.25) is 18.7 Å². The summed E-state index contributed by atoms with van der Waals surface area (Å²) in [5.41, 5.74) is 5.71. The van der Waals surface area contributed by atoms with Gasteiger partial charge in [-0.05, 0) is 30.9 Å². The summed E-state index contributed by atoms with van der Waals surface area (Å²) < 4.78 is 2.34. The lowest BCUT2D eigenvalue weighted by molar-refractivity contribution is 0.0986. The Morgan fingerprint density at radius 3 is 2.48 bits per heavy atom. The number of carbonyl (C=O) groups excluding carboxylic acids is 1. The van der Waals surface area contributed by atoms with Crippen LogP contribution >= 0.6 is 11.3 Å². The monoisotopic (exact) mass is 412 g/mol. The van der Waals surface area contributed by atoms with Crippen molar-refractivity contribution in [1.29, 1.82) is 0 Å². The third-order valence-electron chi connectivity index (χ3n) is 4.79. The quantitative estimate of drug-likeness (QED) is 0.553. The molecule has 152 valence electrons. The summed E-state index contributed by atoms with van der Waals surface area (Å²) >= 11 is 1.59. The Bertz CT molecular complexity index is 1100. The van der Waals surface area contributed by atoms with E-state index >= 15 is 0 Å². The van der Waals surface area contributed by atoms with Crippen molar-refractivity contribution in [2.45, 2.75) is 33.0 Å². The van der Waals surface area contributed by atoms with E-state index < -0.39 is 17.0 Å². The number of nitrogens with one attached hydrogen (secondary N) is 1. The second kappa shape index (κ2) is 9.02. The molecule has 0 aliphatic rings. The predicted molar refractivity (Wildman–Crippen MR) is 116 cm³/mol. The van der Waals surface area contributed by atoms with Gasteiger partial charge in [-0.15, -0.1) is 11.3 Å². The van der Waals surface area contributed by atoms with Crippen molar-refractivity contribution in [2.24, 2.45) is 0 Å². The lowest BCUT2D eigenvalue weighted by Gasteiger charge is -2.17. The van der Waals surface area contributed by atoms with E-state index in [9.17, 15) is 14.4 Å². The molecule has 0 aliphatic heterocycles. The van der Waals surface area contributed by atoms with Crippen molar-refractivity contribution < 1.29 is 4.79 Å². The number of thiophene rings is 1. The van der Waals surface area contributed by atoms with E-state index in [1.54, 1.807) is 18.3 Å². The van der Waals surface area contributed by atoms with Gasteiger partial charge < -0.3 is 11.1 Å². The first-order chi connectivity index (χ1) is 13.9. The maximum atomic E-state index is 12.9. The average Bonchev–Trinajstić information content (AvgIpc) is 3.25. The number of ketones is 1. The summed E-state index contributed by atoms with van der Waals surface area (Å²) in [7, 11) is 0. The molecule has 0 fully saturated rings. The first-order valence-electron chi connectivity index (χ1n) is 9.41. The minimum Gasteiger partial charge on any atom is -0.384 e. The number of anilines is 1. The highest BCUT2D eigenvalue weighted by Crippen LogP contribution is 2.18. The van der Waals surface area contributed by atoms with Gasteiger partial charge in [0.2, 0.25) is 0 Å². The molecular weight excluding hydrogens is 388 g/mol. The van der Waals surface area contributed by atoms with Crippen molar-refractivity contribution >= 4 is 22.9 Å². The van der Waals surface area contributed by atoms with Crippen LogP contribution in [-0.2, 0) is 13.1 Å². The molecule has 0 spiro atoms. The molecule has 2 aromatic heterocycles. The minimum atomic E-state index is -0.644. The van der Waals surface area contributed by atoms with Crippen LogP contribution in [0.5, 0.6) is 0 Å². The zero-order valence-corrected chi connectivity index (χ0v) is 17.2. The smallest absolute Gasteiger partial charge is 0.332 e. The number of Topliss-reactive ketones (excluding diaryl/α,β-unsaturated/α-hetero) is 1. The van der Waals surface area contributed by atoms with Gasteiger partial charge in [0.1, 0.15) is 11.4 Å². The second-order valence-electron chi connectivity index (χ2n) is 6.71. The Balaban J connectivity index is 1.95. The topological polar surface area (TPSA) is 99.1 Å². The Hall–Kier alpha value is -2.97. The minimum absolute atomic E-state index is 0.0381. The third-order valence-corrected chi connectivity index (χ3v) is 5.84. The zero-order valence-electron chi connectivity index (χ0n) is 16.4. The number of hydrogen-bond acceptors (Lipinski definition) is 6. The molecule has 0 amide bonds. The van der Waals surface area contributed by atoms with E-state index in [1.165, 1.54) is 4.57 Å². The molecule has 7 nitrogen and oxygen atoms in total. The average molecular weight is 413 g/mol. The van der Waals surface area contributed by atoms with E-state index in [1.807, 2.05) is 54.8 Å². The maximum absolute atomic E-state index is 12.9. The van der Waals surface area contributed by atoms with Crippen LogP contribution in [0.3, 0.4) is 0 Å². The van der Waals surface area contributed by atoms with Crippen molar-refractivity contribution in [3.8, 4) is 0 Å². The second-order valence-corrected chi connectivity index (χ2v) is 7.68. The fraction of sp³-hybridized carbons (Fsp3) is 0.286. The molecule has 1 unspecified atom stereocenters. The molecule has 0 saturated carbocycles. The van der Waals surface area contributed by atoms with Crippen LogP contribution in [0.2, 0.25) is 0 Å². The standard InChI is InChI=1S/C21H24N4O3S/c1-3-24-20(27)18(16(26)12-23-14(2)17-10-7-11-29-17)19(22)25(21(24)28)13-15-8-5-4-6-9-15/h4-11,14,23H,3,12-13,22H2,1-2H3. The van der Waals surface area contributed by atoms with Gasteiger partial charge in [0, 0.05) is 17.5 Å². The zero-order chi connectivity index (χ0) is 21.0. The number of benzene rings is 1. The van der Waals surface area contributed by atoms with Crippen molar-refractivity contribution in [3.63, 3.8) is 0 Å². The van der Waals surface area contributed by atoms with Crippen LogP contribution in [0.1, 0.15) is 40.7 Å². The maximum Gasteiger partial charge on any atom is 0.332 e. The van der Waals surface area contributed by atoms with Gasteiger partial charge in [-0.25, -0.2) is 4.79 Å². The fourth-order valence-corrected chi connectivity index (χ4v) is 3.91. The molecule has 0 saturated heterocycles. The highest BCUT2D eigenvalue weighted by atomic mass is 32.1. The predicted octanol–water partition coefficient (Wildman–Crippen LogP) is 2.26. The Kier molecular flexibility index (Phi) is 6.46. The van der Waals surface area contributed by atoms with E-state index in [0.29, 0.717) is 0 Å². The molecule has 3 rings (SSSR count). The Labute approximate surface area is 172 Å². The van der Waals surface area contributed by atoms with Crippen LogP contribution in [0.15, 0.2) is 57.4 Å². The highest BCUT2D eigenvalue weighted by Gasteiger charge is 2.22. The lowest BCUT2D eigenvalue weighted by Crippen LogP contribution is -2.45. The Morgan fingerprint density at radius 2 is 1.86 bits per heavy atom. The highest BCUT2D eigenvalue weighted by molar-refractivity contribution is 7.10. The van der Waals surface area contributed by atoms with Crippen LogP contribution in [0.25, 0.3) is 0 Å². The van der Waals surface area contributed by atoms with Crippen LogP contribution in [0.4, 0.5) is 5.82 Å². The number of carbonyl (C=O) groups is 1. The fourth-order valence-electron chi connectivity index (χ4n) is 3.15. The van der Waals surface area contributed by atoms with Crippen LogP contribution in [-0.4, -0.2) is 21.5 Å². The van der Waals surface area contributed by atoms with Crippen molar-refractivity contribution in [1.82, 2.24) is 14.5 Å². The van der Waals surface area contributed by atoms with Gasteiger partial charge in [0.15, 0.2) is 5.78 Å². The summed E-state index contributed by atoms with van der Waals surface area (Å²) in [6.07, 6.45) is 0. The molecule has 0 radical (unpaired) electrons. The first kappa shape index (κ1) is 20.8.